The maximum atomic E-state index is 13.4. The van der Waals surface area contributed by atoms with Crippen LogP contribution in [-0.2, 0) is 6.54 Å². The Labute approximate surface area is 204 Å². The van der Waals surface area contributed by atoms with E-state index in [4.69, 9.17) is 9.72 Å². The number of methoxy groups -OCH3 is 1. The fraction of sp³-hybridized carbons (Fsp3) is 0.346. The Kier molecular flexibility index (Phi) is 7.04. The Morgan fingerprint density at radius 1 is 1.06 bits per heavy atom. The number of imidazole rings is 1. The lowest BCUT2D eigenvalue weighted by Crippen LogP contribution is -2.41. The summed E-state index contributed by atoms with van der Waals surface area (Å²) >= 11 is 0. The Morgan fingerprint density at radius 3 is 2.57 bits per heavy atom. The molecule has 5 rings (SSSR count). The van der Waals surface area contributed by atoms with E-state index in [1.165, 1.54) is 12.1 Å². The molecule has 1 saturated heterocycles. The number of aromatic nitrogens is 4. The molecule has 4 aromatic rings. The molecular weight excluding hydrogens is 445 g/mol. The van der Waals surface area contributed by atoms with Gasteiger partial charge in [-0.05, 0) is 48.7 Å². The second-order valence-corrected chi connectivity index (χ2v) is 8.76. The predicted octanol–water partition coefficient (Wildman–Crippen LogP) is 4.01. The zero-order chi connectivity index (χ0) is 24.0. The standard InChI is InChI=1S/C26H30FN7O/c1-35-22-7-8-23-24(17-22)34(18-19-3-5-20(27)6-4-19)26(32-23)31-21-9-14-33(15-10-21)16-13-30-25-28-11-2-12-29-25/h2-8,11-12,17,21H,9-10,13-16,18H2,1H3,(H,31,32)(H,28,29,30). The highest BCUT2D eigenvalue weighted by Gasteiger charge is 2.21. The summed E-state index contributed by atoms with van der Waals surface area (Å²) in [6.45, 7) is 4.39. The van der Waals surface area contributed by atoms with Crippen LogP contribution in [0.25, 0.3) is 11.0 Å². The molecule has 3 heterocycles. The van der Waals surface area contributed by atoms with Gasteiger partial charge in [0, 0.05) is 50.7 Å². The molecule has 0 saturated carbocycles. The van der Waals surface area contributed by atoms with Crippen molar-refractivity contribution in [2.24, 2.45) is 0 Å². The van der Waals surface area contributed by atoms with E-state index < -0.39 is 0 Å². The van der Waals surface area contributed by atoms with Gasteiger partial charge in [0.05, 0.1) is 24.7 Å². The van der Waals surface area contributed by atoms with E-state index >= 15 is 0 Å². The van der Waals surface area contributed by atoms with Crippen LogP contribution in [0.15, 0.2) is 60.9 Å². The monoisotopic (exact) mass is 475 g/mol. The van der Waals surface area contributed by atoms with Crippen molar-refractivity contribution in [3.05, 3.63) is 72.3 Å². The molecule has 0 radical (unpaired) electrons. The quantitative estimate of drug-likeness (QED) is 0.379. The van der Waals surface area contributed by atoms with Gasteiger partial charge in [0.1, 0.15) is 11.6 Å². The highest BCUT2D eigenvalue weighted by Crippen LogP contribution is 2.27. The van der Waals surface area contributed by atoms with Crippen molar-refractivity contribution in [3.63, 3.8) is 0 Å². The first kappa shape index (κ1) is 23.0. The summed E-state index contributed by atoms with van der Waals surface area (Å²) in [6.07, 6.45) is 5.55. The Morgan fingerprint density at radius 2 is 1.83 bits per heavy atom. The lowest BCUT2D eigenvalue weighted by Gasteiger charge is -2.32. The zero-order valence-corrected chi connectivity index (χ0v) is 19.8. The number of anilines is 2. The molecular formula is C26H30FN7O. The second kappa shape index (κ2) is 10.7. The Balaban J connectivity index is 1.24. The van der Waals surface area contributed by atoms with E-state index in [9.17, 15) is 4.39 Å². The van der Waals surface area contributed by atoms with Crippen LogP contribution in [0, 0.1) is 5.82 Å². The first-order chi connectivity index (χ1) is 17.2. The van der Waals surface area contributed by atoms with Gasteiger partial charge in [0.15, 0.2) is 0 Å². The number of fused-ring (bicyclic) bond motifs is 1. The lowest BCUT2D eigenvalue weighted by molar-refractivity contribution is 0.226. The number of nitrogens with one attached hydrogen (secondary N) is 2. The summed E-state index contributed by atoms with van der Waals surface area (Å²) in [5.41, 5.74) is 2.91. The molecule has 182 valence electrons. The van der Waals surface area contributed by atoms with Gasteiger partial charge in [-0.15, -0.1) is 0 Å². The molecule has 0 unspecified atom stereocenters. The van der Waals surface area contributed by atoms with Crippen molar-refractivity contribution in [3.8, 4) is 5.75 Å². The maximum Gasteiger partial charge on any atom is 0.222 e. The van der Waals surface area contributed by atoms with E-state index in [0.29, 0.717) is 18.5 Å². The molecule has 1 fully saturated rings. The second-order valence-electron chi connectivity index (χ2n) is 8.76. The Bertz CT molecular complexity index is 1240. The summed E-state index contributed by atoms with van der Waals surface area (Å²) in [5, 5.41) is 6.96. The number of hydrogen-bond donors (Lipinski definition) is 2. The van der Waals surface area contributed by atoms with Crippen LogP contribution in [0.5, 0.6) is 5.75 Å². The molecule has 2 N–H and O–H groups in total. The molecule has 0 bridgehead atoms. The minimum absolute atomic E-state index is 0.234. The van der Waals surface area contributed by atoms with Crippen molar-refractivity contribution < 1.29 is 9.13 Å². The van der Waals surface area contributed by atoms with Gasteiger partial charge >= 0.3 is 0 Å². The summed E-state index contributed by atoms with van der Waals surface area (Å²) in [6, 6.07) is 14.7. The average molecular weight is 476 g/mol. The average Bonchev–Trinajstić information content (AvgIpc) is 3.23. The first-order valence-electron chi connectivity index (χ1n) is 12.0. The third-order valence-corrected chi connectivity index (χ3v) is 6.41. The van der Waals surface area contributed by atoms with Crippen molar-refractivity contribution in [1.29, 1.82) is 0 Å². The molecule has 35 heavy (non-hydrogen) atoms. The third kappa shape index (κ3) is 5.68. The van der Waals surface area contributed by atoms with Gasteiger partial charge in [-0.2, -0.15) is 0 Å². The number of benzene rings is 2. The Hall–Kier alpha value is -3.72. The van der Waals surface area contributed by atoms with Crippen LogP contribution < -0.4 is 15.4 Å². The van der Waals surface area contributed by atoms with E-state index in [0.717, 1.165) is 67.3 Å². The van der Waals surface area contributed by atoms with Gasteiger partial charge < -0.3 is 24.8 Å². The fourth-order valence-electron chi connectivity index (χ4n) is 4.47. The molecule has 0 atom stereocenters. The summed E-state index contributed by atoms with van der Waals surface area (Å²) in [7, 11) is 1.66. The van der Waals surface area contributed by atoms with Crippen LogP contribution in [0.3, 0.4) is 0 Å². The van der Waals surface area contributed by atoms with Crippen LogP contribution in [0.1, 0.15) is 18.4 Å². The number of rotatable bonds is 9. The summed E-state index contributed by atoms with van der Waals surface area (Å²) in [5.74, 6) is 2.05. The summed E-state index contributed by atoms with van der Waals surface area (Å²) in [4.78, 5) is 15.8. The van der Waals surface area contributed by atoms with Gasteiger partial charge in [0.2, 0.25) is 11.9 Å². The van der Waals surface area contributed by atoms with E-state index in [1.807, 2.05) is 36.4 Å². The SMILES string of the molecule is COc1ccc2nc(NC3CCN(CCNc4ncccn4)CC3)n(Cc3ccc(F)cc3)c2c1. The van der Waals surface area contributed by atoms with E-state index in [1.54, 1.807) is 19.5 Å². The van der Waals surface area contributed by atoms with Gasteiger partial charge in [-0.1, -0.05) is 12.1 Å². The van der Waals surface area contributed by atoms with Gasteiger partial charge in [0.25, 0.3) is 0 Å². The van der Waals surface area contributed by atoms with Crippen LogP contribution >= 0.6 is 0 Å². The number of piperidine rings is 1. The highest BCUT2D eigenvalue weighted by atomic mass is 19.1. The molecule has 0 amide bonds. The molecule has 0 spiro atoms. The van der Waals surface area contributed by atoms with Gasteiger partial charge in [-0.25, -0.2) is 19.3 Å². The van der Waals surface area contributed by atoms with E-state index in [2.05, 4.69) is 30.1 Å². The minimum atomic E-state index is -0.234. The molecule has 8 nitrogen and oxygen atoms in total. The third-order valence-electron chi connectivity index (χ3n) is 6.41. The molecule has 1 aliphatic heterocycles. The smallest absolute Gasteiger partial charge is 0.222 e. The van der Waals surface area contributed by atoms with Crippen molar-refractivity contribution in [1.82, 2.24) is 24.4 Å². The number of likely N-dealkylation sites (tertiary alicyclic amines) is 1. The van der Waals surface area contributed by atoms with Crippen molar-refractivity contribution >= 4 is 22.9 Å². The number of nitrogens with zero attached hydrogens (tertiary/aromatic N) is 5. The lowest BCUT2D eigenvalue weighted by atomic mass is 10.1. The molecule has 2 aromatic heterocycles. The normalized spacial score (nSPS) is 14.8. The van der Waals surface area contributed by atoms with E-state index in [-0.39, 0.29) is 5.82 Å². The highest BCUT2D eigenvalue weighted by molar-refractivity contribution is 5.80. The zero-order valence-electron chi connectivity index (χ0n) is 19.8. The molecule has 1 aliphatic rings. The topological polar surface area (TPSA) is 80.1 Å². The van der Waals surface area contributed by atoms with Gasteiger partial charge in [-0.3, -0.25) is 0 Å². The first-order valence-corrected chi connectivity index (χ1v) is 12.0. The van der Waals surface area contributed by atoms with Crippen LogP contribution in [-0.4, -0.2) is 63.7 Å². The van der Waals surface area contributed by atoms with Crippen LogP contribution in [0.2, 0.25) is 0 Å². The minimum Gasteiger partial charge on any atom is -0.497 e. The van der Waals surface area contributed by atoms with Crippen LogP contribution in [0.4, 0.5) is 16.3 Å². The molecule has 9 heteroatoms. The predicted molar refractivity (Wildman–Crippen MR) is 135 cm³/mol. The molecule has 0 aliphatic carbocycles. The maximum absolute atomic E-state index is 13.4. The van der Waals surface area contributed by atoms with Crippen molar-refractivity contribution in [2.75, 3.05) is 43.9 Å². The van der Waals surface area contributed by atoms with Crippen molar-refractivity contribution in [2.45, 2.75) is 25.4 Å². The largest absolute Gasteiger partial charge is 0.497 e. The number of halogens is 1. The summed E-state index contributed by atoms with van der Waals surface area (Å²) < 4.78 is 21.0. The fourth-order valence-corrected chi connectivity index (χ4v) is 4.47. The molecule has 2 aromatic carbocycles. The number of ether oxygens (including phenoxy) is 1. The number of hydrogen-bond acceptors (Lipinski definition) is 7.